The topological polar surface area (TPSA) is 77.2 Å². The van der Waals surface area contributed by atoms with Crippen molar-refractivity contribution in [3.8, 4) is 17.2 Å². The van der Waals surface area contributed by atoms with Crippen molar-refractivity contribution in [1.82, 2.24) is 9.78 Å². The van der Waals surface area contributed by atoms with Crippen LogP contribution in [-0.4, -0.2) is 14.9 Å². The summed E-state index contributed by atoms with van der Waals surface area (Å²) < 4.78 is 7.34. The molecular formula is C12H11N3O2. The Labute approximate surface area is 97.1 Å². The average molecular weight is 229 g/mol. The summed E-state index contributed by atoms with van der Waals surface area (Å²) in [6.45, 7) is 0. The van der Waals surface area contributed by atoms with Crippen LogP contribution in [-0.2, 0) is 7.05 Å². The maximum atomic E-state index is 9.39. The van der Waals surface area contributed by atoms with Crippen LogP contribution in [0.15, 0.2) is 34.7 Å². The monoisotopic (exact) mass is 229 g/mol. The number of hydrogen-bond donors (Lipinski definition) is 2. The Morgan fingerprint density at radius 2 is 2.12 bits per heavy atom. The van der Waals surface area contributed by atoms with Crippen LogP contribution in [0.2, 0.25) is 0 Å². The van der Waals surface area contributed by atoms with Crippen molar-refractivity contribution in [3.63, 3.8) is 0 Å². The standard InChI is InChI=1S/C12H11N3O2/c1-15-9(6-12(13)14-15)11-5-7-4-8(16)2-3-10(7)17-11/h2-6,16H,1H3,(H2,13,14). The van der Waals surface area contributed by atoms with Gasteiger partial charge in [0.1, 0.15) is 22.8 Å². The summed E-state index contributed by atoms with van der Waals surface area (Å²) in [4.78, 5) is 0. The van der Waals surface area contributed by atoms with Crippen LogP contribution in [0.25, 0.3) is 22.4 Å². The van der Waals surface area contributed by atoms with E-state index in [1.807, 2.05) is 6.07 Å². The van der Waals surface area contributed by atoms with Crippen LogP contribution in [0, 0.1) is 0 Å². The van der Waals surface area contributed by atoms with Gasteiger partial charge in [0.25, 0.3) is 0 Å². The molecule has 2 aromatic heterocycles. The second-order valence-electron chi connectivity index (χ2n) is 3.91. The first-order valence-corrected chi connectivity index (χ1v) is 5.16. The summed E-state index contributed by atoms with van der Waals surface area (Å²) >= 11 is 0. The van der Waals surface area contributed by atoms with Crippen molar-refractivity contribution in [2.45, 2.75) is 0 Å². The highest BCUT2D eigenvalue weighted by Gasteiger charge is 2.11. The molecule has 2 heterocycles. The Balaban J connectivity index is 2.21. The molecule has 0 saturated heterocycles. The zero-order valence-electron chi connectivity index (χ0n) is 9.21. The molecule has 0 aliphatic rings. The van der Waals surface area contributed by atoms with Gasteiger partial charge in [-0.25, -0.2) is 0 Å². The predicted molar refractivity (Wildman–Crippen MR) is 64.5 cm³/mol. The van der Waals surface area contributed by atoms with Gasteiger partial charge in [0, 0.05) is 18.5 Å². The van der Waals surface area contributed by atoms with E-state index < -0.39 is 0 Å². The minimum Gasteiger partial charge on any atom is -0.508 e. The van der Waals surface area contributed by atoms with E-state index in [0.717, 1.165) is 16.7 Å². The molecule has 17 heavy (non-hydrogen) atoms. The molecular weight excluding hydrogens is 218 g/mol. The number of aromatic nitrogens is 2. The minimum atomic E-state index is 0.217. The van der Waals surface area contributed by atoms with E-state index in [9.17, 15) is 5.11 Å². The Hall–Kier alpha value is -2.43. The van der Waals surface area contributed by atoms with Crippen molar-refractivity contribution >= 4 is 16.8 Å². The van der Waals surface area contributed by atoms with Gasteiger partial charge in [-0.2, -0.15) is 5.10 Å². The molecule has 0 radical (unpaired) electrons. The van der Waals surface area contributed by atoms with E-state index >= 15 is 0 Å². The van der Waals surface area contributed by atoms with Crippen LogP contribution >= 0.6 is 0 Å². The van der Waals surface area contributed by atoms with Crippen molar-refractivity contribution in [1.29, 1.82) is 0 Å². The molecule has 5 nitrogen and oxygen atoms in total. The number of benzene rings is 1. The molecule has 5 heteroatoms. The number of nitrogen functional groups attached to an aromatic ring is 1. The minimum absolute atomic E-state index is 0.217. The van der Waals surface area contributed by atoms with E-state index in [1.54, 1.807) is 36.0 Å². The van der Waals surface area contributed by atoms with E-state index in [4.69, 9.17) is 10.2 Å². The zero-order chi connectivity index (χ0) is 12.0. The van der Waals surface area contributed by atoms with Gasteiger partial charge in [0.15, 0.2) is 5.76 Å². The molecule has 3 aromatic rings. The lowest BCUT2D eigenvalue weighted by atomic mass is 10.2. The quantitative estimate of drug-likeness (QED) is 0.670. The molecule has 0 fully saturated rings. The number of hydrogen-bond acceptors (Lipinski definition) is 4. The highest BCUT2D eigenvalue weighted by molar-refractivity contribution is 5.83. The number of phenols is 1. The van der Waals surface area contributed by atoms with Gasteiger partial charge in [-0.1, -0.05) is 0 Å². The maximum absolute atomic E-state index is 9.39. The van der Waals surface area contributed by atoms with E-state index in [1.165, 1.54) is 0 Å². The number of rotatable bonds is 1. The van der Waals surface area contributed by atoms with Crippen LogP contribution in [0.4, 0.5) is 5.82 Å². The highest BCUT2D eigenvalue weighted by Crippen LogP contribution is 2.30. The molecule has 86 valence electrons. The Bertz CT molecular complexity index is 697. The number of nitrogens with two attached hydrogens (primary N) is 1. The van der Waals surface area contributed by atoms with E-state index in [0.29, 0.717) is 11.6 Å². The molecule has 3 rings (SSSR count). The average Bonchev–Trinajstić information content (AvgIpc) is 2.80. The smallest absolute Gasteiger partial charge is 0.153 e. The first-order chi connectivity index (χ1) is 8.13. The molecule has 0 atom stereocenters. The number of phenolic OH excluding ortho intramolecular Hbond substituents is 1. The molecule has 0 saturated carbocycles. The lowest BCUT2D eigenvalue weighted by molar-refractivity contribution is 0.476. The summed E-state index contributed by atoms with van der Waals surface area (Å²) in [5, 5.41) is 14.3. The summed E-state index contributed by atoms with van der Waals surface area (Å²) in [5.41, 5.74) is 7.15. The third-order valence-electron chi connectivity index (χ3n) is 2.65. The summed E-state index contributed by atoms with van der Waals surface area (Å²) in [6.07, 6.45) is 0. The Morgan fingerprint density at radius 3 is 2.82 bits per heavy atom. The van der Waals surface area contributed by atoms with Crippen LogP contribution < -0.4 is 5.73 Å². The van der Waals surface area contributed by atoms with Gasteiger partial charge in [-0.05, 0) is 24.3 Å². The fraction of sp³-hybridized carbons (Fsp3) is 0.0833. The lowest BCUT2D eigenvalue weighted by Crippen LogP contribution is -1.93. The van der Waals surface area contributed by atoms with Gasteiger partial charge in [-0.3, -0.25) is 4.68 Å². The first kappa shape index (κ1) is 9.77. The summed E-state index contributed by atoms with van der Waals surface area (Å²) in [7, 11) is 1.80. The summed E-state index contributed by atoms with van der Waals surface area (Å²) in [6, 6.07) is 8.58. The van der Waals surface area contributed by atoms with Crippen LogP contribution in [0.1, 0.15) is 0 Å². The molecule has 0 spiro atoms. The van der Waals surface area contributed by atoms with Crippen LogP contribution in [0.5, 0.6) is 5.75 Å². The van der Waals surface area contributed by atoms with Crippen LogP contribution in [0.3, 0.4) is 0 Å². The van der Waals surface area contributed by atoms with Gasteiger partial charge < -0.3 is 15.3 Å². The van der Waals surface area contributed by atoms with Gasteiger partial charge >= 0.3 is 0 Å². The van der Waals surface area contributed by atoms with Crippen molar-refractivity contribution < 1.29 is 9.52 Å². The van der Waals surface area contributed by atoms with Gasteiger partial charge in [-0.15, -0.1) is 0 Å². The first-order valence-electron chi connectivity index (χ1n) is 5.16. The Morgan fingerprint density at radius 1 is 1.29 bits per heavy atom. The fourth-order valence-corrected chi connectivity index (χ4v) is 1.88. The number of aryl methyl sites for hydroxylation is 1. The molecule has 0 aliphatic heterocycles. The number of anilines is 1. The number of aromatic hydroxyl groups is 1. The number of furan rings is 1. The lowest BCUT2D eigenvalue weighted by Gasteiger charge is -1.94. The van der Waals surface area contributed by atoms with E-state index in [-0.39, 0.29) is 5.75 Å². The summed E-state index contributed by atoms with van der Waals surface area (Å²) in [5.74, 6) is 1.34. The number of nitrogens with zero attached hydrogens (tertiary/aromatic N) is 2. The molecule has 1 aromatic carbocycles. The highest BCUT2D eigenvalue weighted by atomic mass is 16.3. The Kier molecular flexibility index (Phi) is 1.89. The molecule has 0 unspecified atom stereocenters. The predicted octanol–water partition coefficient (Wildman–Crippen LogP) is 2.12. The second-order valence-corrected chi connectivity index (χ2v) is 3.91. The fourth-order valence-electron chi connectivity index (χ4n) is 1.88. The van der Waals surface area contributed by atoms with Crippen molar-refractivity contribution in [2.75, 3.05) is 5.73 Å². The zero-order valence-corrected chi connectivity index (χ0v) is 9.21. The normalized spacial score (nSPS) is 11.1. The molecule has 0 bridgehead atoms. The number of fused-ring (bicyclic) bond motifs is 1. The third kappa shape index (κ3) is 1.52. The van der Waals surface area contributed by atoms with Gasteiger partial charge in [0.05, 0.1) is 0 Å². The molecule has 3 N–H and O–H groups in total. The third-order valence-corrected chi connectivity index (χ3v) is 2.65. The van der Waals surface area contributed by atoms with E-state index in [2.05, 4.69) is 5.10 Å². The van der Waals surface area contributed by atoms with Gasteiger partial charge in [0.2, 0.25) is 0 Å². The van der Waals surface area contributed by atoms with Crippen molar-refractivity contribution in [3.05, 3.63) is 30.3 Å². The maximum Gasteiger partial charge on any atom is 0.153 e. The molecule has 0 aliphatic carbocycles. The van der Waals surface area contributed by atoms with Crippen molar-refractivity contribution in [2.24, 2.45) is 7.05 Å². The largest absolute Gasteiger partial charge is 0.508 e. The second kappa shape index (κ2) is 3.28. The molecule has 0 amide bonds. The SMILES string of the molecule is Cn1nc(N)cc1-c1cc2cc(O)ccc2o1.